The van der Waals surface area contributed by atoms with E-state index in [0.717, 1.165) is 16.7 Å². The van der Waals surface area contributed by atoms with Crippen LogP contribution in [-0.2, 0) is 4.79 Å². The van der Waals surface area contributed by atoms with Gasteiger partial charge in [0.15, 0.2) is 0 Å². The van der Waals surface area contributed by atoms with Crippen molar-refractivity contribution in [2.75, 3.05) is 6.54 Å². The second-order valence-electron chi connectivity index (χ2n) is 4.69. The number of hydrogen-bond donors (Lipinski definition) is 2. The van der Waals surface area contributed by atoms with E-state index in [2.05, 4.69) is 10.3 Å². The van der Waals surface area contributed by atoms with Crippen molar-refractivity contribution in [3.63, 3.8) is 0 Å². The third-order valence-electron chi connectivity index (χ3n) is 3.15. The second-order valence-corrected chi connectivity index (χ2v) is 4.69. The summed E-state index contributed by atoms with van der Waals surface area (Å²) in [6.45, 7) is 2.34. The first-order valence-electron chi connectivity index (χ1n) is 6.70. The number of rotatable bonds is 5. The number of aromatic nitrogens is 1. The van der Waals surface area contributed by atoms with Crippen LogP contribution in [0.15, 0.2) is 48.8 Å². The van der Waals surface area contributed by atoms with Crippen molar-refractivity contribution >= 4 is 18.3 Å². The molecular weight excluding hydrogens is 286 g/mol. The molecule has 0 aliphatic heterocycles. The van der Waals surface area contributed by atoms with E-state index in [4.69, 9.17) is 5.73 Å². The van der Waals surface area contributed by atoms with Gasteiger partial charge in [-0.05, 0) is 29.7 Å². The Bertz CT molecular complexity index is 557. The highest BCUT2D eigenvalue weighted by atomic mass is 35.5. The lowest BCUT2D eigenvalue weighted by Crippen LogP contribution is -2.28. The van der Waals surface area contributed by atoms with E-state index in [0.29, 0.717) is 13.0 Å². The maximum Gasteiger partial charge on any atom is 0.221 e. The average Bonchev–Trinajstić information content (AvgIpc) is 2.48. The first kappa shape index (κ1) is 17.1. The topological polar surface area (TPSA) is 68.0 Å². The van der Waals surface area contributed by atoms with Gasteiger partial charge in [-0.25, -0.2) is 0 Å². The Hall–Kier alpha value is -1.91. The Morgan fingerprint density at radius 1 is 1.24 bits per heavy atom. The molecule has 0 spiro atoms. The van der Waals surface area contributed by atoms with E-state index in [-0.39, 0.29) is 24.4 Å². The molecule has 2 rings (SSSR count). The summed E-state index contributed by atoms with van der Waals surface area (Å²) in [5, 5.41) is 2.93. The summed E-state index contributed by atoms with van der Waals surface area (Å²) in [7, 11) is 0. The summed E-state index contributed by atoms with van der Waals surface area (Å²) in [5.74, 6) is -0.0173. The molecule has 0 bridgehead atoms. The van der Waals surface area contributed by atoms with E-state index >= 15 is 0 Å². The molecule has 112 valence electrons. The summed E-state index contributed by atoms with van der Waals surface area (Å²) in [6, 6.07) is 12.0. The molecule has 0 saturated carbocycles. The van der Waals surface area contributed by atoms with Crippen LogP contribution in [0.5, 0.6) is 0 Å². The van der Waals surface area contributed by atoms with Gasteiger partial charge in [-0.3, -0.25) is 9.78 Å². The molecule has 0 radical (unpaired) electrons. The third-order valence-corrected chi connectivity index (χ3v) is 3.15. The van der Waals surface area contributed by atoms with Crippen LogP contribution in [0.3, 0.4) is 0 Å². The summed E-state index contributed by atoms with van der Waals surface area (Å²) >= 11 is 0. The number of amides is 1. The van der Waals surface area contributed by atoms with Crippen molar-refractivity contribution < 1.29 is 4.79 Å². The summed E-state index contributed by atoms with van der Waals surface area (Å²) < 4.78 is 0. The molecule has 0 saturated heterocycles. The van der Waals surface area contributed by atoms with E-state index in [9.17, 15) is 4.79 Å². The largest absolute Gasteiger partial charge is 0.350 e. The summed E-state index contributed by atoms with van der Waals surface area (Å²) in [4.78, 5) is 15.6. The van der Waals surface area contributed by atoms with Crippen LogP contribution in [0.25, 0.3) is 11.1 Å². The molecule has 0 fully saturated rings. The van der Waals surface area contributed by atoms with E-state index in [1.54, 1.807) is 6.20 Å². The lowest BCUT2D eigenvalue weighted by Gasteiger charge is -2.14. The SMILES string of the molecule is CC(NC(=O)CCN)c1ccc(-c2cccnc2)cc1.Cl. The molecule has 1 aromatic heterocycles. The highest BCUT2D eigenvalue weighted by Gasteiger charge is 2.08. The minimum absolute atomic E-state index is 0. The van der Waals surface area contributed by atoms with Gasteiger partial charge in [0.05, 0.1) is 6.04 Å². The number of carbonyl (C=O) groups is 1. The molecule has 5 heteroatoms. The number of nitrogens with zero attached hydrogens (tertiary/aromatic N) is 1. The molecule has 1 unspecified atom stereocenters. The maximum atomic E-state index is 11.5. The smallest absolute Gasteiger partial charge is 0.221 e. The van der Waals surface area contributed by atoms with Crippen LogP contribution < -0.4 is 11.1 Å². The van der Waals surface area contributed by atoms with E-state index in [1.807, 2.05) is 49.5 Å². The van der Waals surface area contributed by atoms with Gasteiger partial charge in [0.25, 0.3) is 0 Å². The minimum atomic E-state index is -0.0173. The monoisotopic (exact) mass is 305 g/mol. The van der Waals surface area contributed by atoms with Crippen LogP contribution in [0.4, 0.5) is 0 Å². The van der Waals surface area contributed by atoms with Crippen molar-refractivity contribution in [2.24, 2.45) is 5.73 Å². The molecule has 1 amide bonds. The molecule has 3 N–H and O–H groups in total. The minimum Gasteiger partial charge on any atom is -0.350 e. The lowest BCUT2D eigenvalue weighted by atomic mass is 10.0. The highest BCUT2D eigenvalue weighted by molar-refractivity contribution is 5.85. The van der Waals surface area contributed by atoms with Crippen molar-refractivity contribution in [3.8, 4) is 11.1 Å². The number of nitrogens with one attached hydrogen (secondary N) is 1. The number of halogens is 1. The van der Waals surface area contributed by atoms with Gasteiger partial charge in [0.1, 0.15) is 0 Å². The van der Waals surface area contributed by atoms with Crippen molar-refractivity contribution in [1.29, 1.82) is 0 Å². The Balaban J connectivity index is 0.00000220. The molecule has 2 aromatic rings. The molecule has 1 aromatic carbocycles. The van der Waals surface area contributed by atoms with Gasteiger partial charge in [-0.1, -0.05) is 30.3 Å². The molecule has 4 nitrogen and oxygen atoms in total. The Morgan fingerprint density at radius 2 is 1.95 bits per heavy atom. The molecule has 21 heavy (non-hydrogen) atoms. The normalized spacial score (nSPS) is 11.3. The zero-order valence-electron chi connectivity index (χ0n) is 12.0. The Kier molecular flexibility index (Phi) is 6.85. The van der Waals surface area contributed by atoms with Gasteiger partial charge in [0, 0.05) is 25.4 Å². The zero-order valence-corrected chi connectivity index (χ0v) is 12.8. The molecule has 1 heterocycles. The van der Waals surface area contributed by atoms with Crippen LogP contribution in [-0.4, -0.2) is 17.4 Å². The fraction of sp³-hybridized carbons (Fsp3) is 0.250. The van der Waals surface area contributed by atoms with Gasteiger partial charge in [-0.2, -0.15) is 0 Å². The third kappa shape index (κ3) is 4.85. The lowest BCUT2D eigenvalue weighted by molar-refractivity contribution is -0.121. The average molecular weight is 306 g/mol. The standard InChI is InChI=1S/C16H19N3O.ClH/c1-12(19-16(20)8-9-17)13-4-6-14(7-5-13)15-3-2-10-18-11-15;/h2-7,10-12H,8-9,17H2,1H3,(H,19,20);1H. The van der Waals surface area contributed by atoms with Gasteiger partial charge in [0.2, 0.25) is 5.91 Å². The number of benzene rings is 1. The van der Waals surface area contributed by atoms with Crippen molar-refractivity contribution in [1.82, 2.24) is 10.3 Å². The van der Waals surface area contributed by atoms with Crippen molar-refractivity contribution in [2.45, 2.75) is 19.4 Å². The fourth-order valence-corrected chi connectivity index (χ4v) is 2.03. The van der Waals surface area contributed by atoms with Crippen molar-refractivity contribution in [3.05, 3.63) is 54.4 Å². The van der Waals surface area contributed by atoms with Gasteiger partial charge >= 0.3 is 0 Å². The van der Waals surface area contributed by atoms with Crippen LogP contribution in [0.2, 0.25) is 0 Å². The maximum absolute atomic E-state index is 11.5. The van der Waals surface area contributed by atoms with Crippen LogP contribution in [0, 0.1) is 0 Å². The van der Waals surface area contributed by atoms with Crippen LogP contribution in [0.1, 0.15) is 24.9 Å². The zero-order chi connectivity index (χ0) is 14.4. The van der Waals surface area contributed by atoms with E-state index < -0.39 is 0 Å². The summed E-state index contributed by atoms with van der Waals surface area (Å²) in [5.41, 5.74) is 8.63. The number of hydrogen-bond acceptors (Lipinski definition) is 3. The Labute approximate surface area is 131 Å². The van der Waals surface area contributed by atoms with Crippen LogP contribution >= 0.6 is 12.4 Å². The van der Waals surface area contributed by atoms with Gasteiger partial charge < -0.3 is 11.1 Å². The predicted molar refractivity (Wildman–Crippen MR) is 87.2 cm³/mol. The quantitative estimate of drug-likeness (QED) is 0.892. The number of pyridine rings is 1. The fourth-order valence-electron chi connectivity index (χ4n) is 2.03. The van der Waals surface area contributed by atoms with Gasteiger partial charge in [-0.15, -0.1) is 12.4 Å². The summed E-state index contributed by atoms with van der Waals surface area (Å²) in [6.07, 6.45) is 3.95. The molecule has 0 aliphatic carbocycles. The van der Waals surface area contributed by atoms with E-state index in [1.165, 1.54) is 0 Å². The predicted octanol–water partition coefficient (Wildman–Crippen LogP) is 2.70. The number of carbonyl (C=O) groups excluding carboxylic acids is 1. The highest BCUT2D eigenvalue weighted by Crippen LogP contribution is 2.21. The molecular formula is C16H20ClN3O. The molecule has 0 aliphatic rings. The second kappa shape index (κ2) is 8.39. The first-order chi connectivity index (χ1) is 9.70. The first-order valence-corrected chi connectivity index (χ1v) is 6.70. The molecule has 1 atom stereocenters. The number of nitrogens with two attached hydrogens (primary N) is 1. The Morgan fingerprint density at radius 3 is 2.52 bits per heavy atom.